The van der Waals surface area contributed by atoms with Crippen molar-refractivity contribution >= 4 is 39.1 Å². The number of anilines is 1. The molecule has 0 aromatic heterocycles. The van der Waals surface area contributed by atoms with Gasteiger partial charge in [0, 0.05) is 16.7 Å². The van der Waals surface area contributed by atoms with E-state index < -0.39 is 0 Å². The lowest BCUT2D eigenvalue weighted by Crippen LogP contribution is -2.13. The maximum Gasteiger partial charge on any atom is 0.257 e. The Morgan fingerprint density at radius 1 is 1.25 bits per heavy atom. The fraction of sp³-hybridized carbons (Fsp3) is 0.133. The second-order valence-corrected chi connectivity index (χ2v) is 5.63. The predicted molar refractivity (Wildman–Crippen MR) is 86.3 cm³/mol. The molecule has 3 nitrogen and oxygen atoms in total. The van der Waals surface area contributed by atoms with Gasteiger partial charge in [0.1, 0.15) is 0 Å². The second-order valence-electron chi connectivity index (χ2n) is 4.31. The molecule has 1 amide bonds. The van der Waals surface area contributed by atoms with Crippen molar-refractivity contribution in [2.45, 2.75) is 6.54 Å². The van der Waals surface area contributed by atoms with Gasteiger partial charge >= 0.3 is 0 Å². The number of amides is 1. The first-order chi connectivity index (χ1) is 9.60. The van der Waals surface area contributed by atoms with E-state index in [1.807, 2.05) is 31.3 Å². The number of benzene rings is 2. The summed E-state index contributed by atoms with van der Waals surface area (Å²) in [7, 11) is 1.88. The van der Waals surface area contributed by atoms with Crippen LogP contribution < -0.4 is 10.6 Å². The van der Waals surface area contributed by atoms with Crippen molar-refractivity contribution in [1.29, 1.82) is 0 Å². The summed E-state index contributed by atoms with van der Waals surface area (Å²) in [6.45, 7) is 0.751. The van der Waals surface area contributed by atoms with Crippen molar-refractivity contribution < 1.29 is 4.79 Å². The van der Waals surface area contributed by atoms with Crippen molar-refractivity contribution in [1.82, 2.24) is 5.32 Å². The highest BCUT2D eigenvalue weighted by Crippen LogP contribution is 2.22. The van der Waals surface area contributed by atoms with Gasteiger partial charge in [-0.25, -0.2) is 0 Å². The van der Waals surface area contributed by atoms with Gasteiger partial charge in [0.25, 0.3) is 5.91 Å². The fourth-order valence-corrected chi connectivity index (χ4v) is 2.40. The largest absolute Gasteiger partial charge is 0.322 e. The molecule has 0 radical (unpaired) electrons. The lowest BCUT2D eigenvalue weighted by molar-refractivity contribution is 0.102. The SMILES string of the molecule is CNCc1cccc(NC(=O)c2cc(Br)ccc2Cl)c1. The molecular weight excluding hydrogens is 340 g/mol. The van der Waals surface area contributed by atoms with Crippen LogP contribution in [0.1, 0.15) is 15.9 Å². The summed E-state index contributed by atoms with van der Waals surface area (Å²) < 4.78 is 0.816. The second kappa shape index (κ2) is 6.88. The third-order valence-corrected chi connectivity index (χ3v) is 3.56. The Balaban J connectivity index is 2.19. The van der Waals surface area contributed by atoms with E-state index in [4.69, 9.17) is 11.6 Å². The molecule has 0 fully saturated rings. The zero-order valence-corrected chi connectivity index (χ0v) is 13.3. The van der Waals surface area contributed by atoms with Gasteiger partial charge in [0.05, 0.1) is 10.6 Å². The Bertz CT molecular complexity index is 631. The smallest absolute Gasteiger partial charge is 0.257 e. The van der Waals surface area contributed by atoms with Gasteiger partial charge in [-0.3, -0.25) is 4.79 Å². The highest BCUT2D eigenvalue weighted by atomic mass is 79.9. The minimum Gasteiger partial charge on any atom is -0.322 e. The van der Waals surface area contributed by atoms with E-state index in [0.29, 0.717) is 10.6 Å². The van der Waals surface area contributed by atoms with Crippen LogP contribution >= 0.6 is 27.5 Å². The van der Waals surface area contributed by atoms with Gasteiger partial charge in [0.15, 0.2) is 0 Å². The van der Waals surface area contributed by atoms with Crippen molar-refractivity contribution in [3.8, 4) is 0 Å². The van der Waals surface area contributed by atoms with E-state index in [9.17, 15) is 4.79 Å². The first-order valence-corrected chi connectivity index (χ1v) is 7.27. The van der Waals surface area contributed by atoms with Crippen LogP contribution in [0.4, 0.5) is 5.69 Å². The third-order valence-electron chi connectivity index (χ3n) is 2.74. The Morgan fingerprint density at radius 2 is 2.05 bits per heavy atom. The maximum absolute atomic E-state index is 12.2. The Labute approximate surface area is 131 Å². The molecule has 0 aliphatic carbocycles. The molecule has 2 rings (SSSR count). The molecule has 0 saturated carbocycles. The van der Waals surface area contributed by atoms with E-state index in [2.05, 4.69) is 26.6 Å². The Kier molecular flexibility index (Phi) is 5.17. The van der Waals surface area contributed by atoms with Crippen LogP contribution in [0.3, 0.4) is 0 Å². The van der Waals surface area contributed by atoms with Crippen LogP contribution in [0.2, 0.25) is 5.02 Å². The number of hydrogen-bond donors (Lipinski definition) is 2. The average Bonchev–Trinajstić information content (AvgIpc) is 2.42. The molecule has 2 aromatic carbocycles. The lowest BCUT2D eigenvalue weighted by Gasteiger charge is -2.09. The molecule has 104 valence electrons. The summed E-state index contributed by atoms with van der Waals surface area (Å²) >= 11 is 9.38. The van der Waals surface area contributed by atoms with Gasteiger partial charge in [-0.15, -0.1) is 0 Å². The molecule has 2 aromatic rings. The first-order valence-electron chi connectivity index (χ1n) is 6.10. The minimum atomic E-state index is -0.224. The van der Waals surface area contributed by atoms with E-state index in [0.717, 1.165) is 22.3 Å². The predicted octanol–water partition coefficient (Wildman–Crippen LogP) is 4.07. The zero-order valence-electron chi connectivity index (χ0n) is 10.9. The van der Waals surface area contributed by atoms with Crippen molar-refractivity contribution in [2.75, 3.05) is 12.4 Å². The minimum absolute atomic E-state index is 0.224. The molecule has 2 N–H and O–H groups in total. The standard InChI is InChI=1S/C15H14BrClN2O/c1-18-9-10-3-2-4-12(7-10)19-15(20)13-8-11(16)5-6-14(13)17/h2-8,18H,9H2,1H3,(H,19,20). The van der Waals surface area contributed by atoms with Gasteiger partial charge in [-0.2, -0.15) is 0 Å². The van der Waals surface area contributed by atoms with E-state index >= 15 is 0 Å². The summed E-state index contributed by atoms with van der Waals surface area (Å²) in [6, 6.07) is 12.9. The Hall–Kier alpha value is -1.36. The van der Waals surface area contributed by atoms with Crippen molar-refractivity contribution in [3.05, 3.63) is 63.1 Å². The zero-order chi connectivity index (χ0) is 14.5. The average molecular weight is 354 g/mol. The molecule has 0 aliphatic rings. The molecule has 0 unspecified atom stereocenters. The molecule has 0 heterocycles. The Morgan fingerprint density at radius 3 is 2.80 bits per heavy atom. The lowest BCUT2D eigenvalue weighted by atomic mass is 10.1. The topological polar surface area (TPSA) is 41.1 Å². The molecule has 20 heavy (non-hydrogen) atoms. The highest BCUT2D eigenvalue weighted by molar-refractivity contribution is 9.10. The number of rotatable bonds is 4. The molecule has 0 spiro atoms. The summed E-state index contributed by atoms with van der Waals surface area (Å²) in [4.78, 5) is 12.2. The first kappa shape index (κ1) is 15.0. The molecule has 5 heteroatoms. The van der Waals surface area contributed by atoms with E-state index in [-0.39, 0.29) is 5.91 Å². The number of carbonyl (C=O) groups excluding carboxylic acids is 1. The summed E-state index contributed by atoms with van der Waals surface area (Å²) in [5.74, 6) is -0.224. The molecule has 0 aliphatic heterocycles. The third kappa shape index (κ3) is 3.82. The number of nitrogens with one attached hydrogen (secondary N) is 2. The van der Waals surface area contributed by atoms with Crippen LogP contribution in [-0.4, -0.2) is 13.0 Å². The quantitative estimate of drug-likeness (QED) is 0.870. The molecule has 0 bridgehead atoms. The molecule has 0 saturated heterocycles. The van der Waals surface area contributed by atoms with Crippen LogP contribution in [0.15, 0.2) is 46.9 Å². The molecular formula is C15H14BrClN2O. The van der Waals surface area contributed by atoms with Gasteiger partial charge in [-0.05, 0) is 42.9 Å². The van der Waals surface area contributed by atoms with Crippen LogP contribution in [-0.2, 0) is 6.54 Å². The van der Waals surface area contributed by atoms with Gasteiger partial charge in [0.2, 0.25) is 0 Å². The molecule has 0 atom stereocenters. The van der Waals surface area contributed by atoms with Crippen LogP contribution in [0.25, 0.3) is 0 Å². The fourth-order valence-electron chi connectivity index (χ4n) is 1.83. The normalized spacial score (nSPS) is 10.3. The van der Waals surface area contributed by atoms with Crippen molar-refractivity contribution in [3.63, 3.8) is 0 Å². The maximum atomic E-state index is 12.2. The van der Waals surface area contributed by atoms with Crippen LogP contribution in [0, 0.1) is 0 Å². The summed E-state index contributed by atoms with van der Waals surface area (Å²) in [5, 5.41) is 6.35. The van der Waals surface area contributed by atoms with Gasteiger partial charge < -0.3 is 10.6 Å². The van der Waals surface area contributed by atoms with Crippen molar-refractivity contribution in [2.24, 2.45) is 0 Å². The monoisotopic (exact) mass is 352 g/mol. The number of hydrogen-bond acceptors (Lipinski definition) is 2. The number of carbonyl (C=O) groups is 1. The van der Waals surface area contributed by atoms with E-state index in [1.165, 1.54) is 0 Å². The summed E-state index contributed by atoms with van der Waals surface area (Å²) in [5.41, 5.74) is 2.30. The van der Waals surface area contributed by atoms with Gasteiger partial charge in [-0.1, -0.05) is 39.7 Å². The van der Waals surface area contributed by atoms with E-state index in [1.54, 1.807) is 18.2 Å². The number of halogens is 2. The van der Waals surface area contributed by atoms with Crippen LogP contribution in [0.5, 0.6) is 0 Å². The highest BCUT2D eigenvalue weighted by Gasteiger charge is 2.11. The summed E-state index contributed by atoms with van der Waals surface area (Å²) in [6.07, 6.45) is 0.